The van der Waals surface area contributed by atoms with E-state index in [2.05, 4.69) is 15.5 Å². The van der Waals surface area contributed by atoms with E-state index >= 15 is 0 Å². The molecule has 2 rings (SSSR count). The Morgan fingerprint density at radius 3 is 3.06 bits per heavy atom. The predicted octanol–water partition coefficient (Wildman–Crippen LogP) is 1.46. The van der Waals surface area contributed by atoms with Crippen LogP contribution in [0.1, 0.15) is 20.8 Å². The van der Waals surface area contributed by atoms with Crippen LogP contribution in [-0.2, 0) is 13.1 Å². The average Bonchev–Trinajstić information content (AvgIpc) is 2.87. The third-order valence-electron chi connectivity index (χ3n) is 2.08. The van der Waals surface area contributed by atoms with Crippen molar-refractivity contribution in [1.29, 1.82) is 0 Å². The van der Waals surface area contributed by atoms with Gasteiger partial charge in [-0.1, -0.05) is 0 Å². The fourth-order valence-electron chi connectivity index (χ4n) is 1.29. The SMILES string of the molecule is O=C(O)c1csc(CNCc2cn[nH]c2)c1. The number of aromatic nitrogens is 2. The zero-order valence-corrected chi connectivity index (χ0v) is 9.25. The second kappa shape index (κ2) is 4.91. The van der Waals surface area contributed by atoms with Crippen molar-refractivity contribution in [3.63, 3.8) is 0 Å². The third kappa shape index (κ3) is 2.68. The molecule has 0 amide bonds. The van der Waals surface area contributed by atoms with Crippen LogP contribution < -0.4 is 5.32 Å². The number of hydrogen-bond acceptors (Lipinski definition) is 4. The summed E-state index contributed by atoms with van der Waals surface area (Å²) in [5.74, 6) is -0.877. The molecule has 0 fully saturated rings. The molecule has 0 spiro atoms. The number of H-pyrrole nitrogens is 1. The van der Waals surface area contributed by atoms with Gasteiger partial charge in [0.25, 0.3) is 0 Å². The molecule has 0 aliphatic heterocycles. The molecule has 0 unspecified atom stereocenters. The van der Waals surface area contributed by atoms with E-state index in [4.69, 9.17) is 5.11 Å². The summed E-state index contributed by atoms with van der Waals surface area (Å²) in [4.78, 5) is 11.7. The van der Waals surface area contributed by atoms with Crippen molar-refractivity contribution in [3.8, 4) is 0 Å². The summed E-state index contributed by atoms with van der Waals surface area (Å²) in [5.41, 5.74) is 1.43. The molecule has 5 nitrogen and oxygen atoms in total. The first kappa shape index (κ1) is 10.8. The summed E-state index contributed by atoms with van der Waals surface area (Å²) in [6, 6.07) is 1.69. The van der Waals surface area contributed by atoms with E-state index in [9.17, 15) is 4.79 Å². The van der Waals surface area contributed by atoms with E-state index in [0.717, 1.165) is 17.0 Å². The molecule has 2 aromatic heterocycles. The molecule has 3 N–H and O–H groups in total. The topological polar surface area (TPSA) is 78.0 Å². The van der Waals surface area contributed by atoms with Crippen LogP contribution in [0.15, 0.2) is 23.8 Å². The minimum atomic E-state index is -0.877. The van der Waals surface area contributed by atoms with E-state index in [1.165, 1.54) is 11.3 Å². The van der Waals surface area contributed by atoms with Crippen LogP contribution in [0.2, 0.25) is 0 Å². The van der Waals surface area contributed by atoms with E-state index in [1.54, 1.807) is 17.6 Å². The van der Waals surface area contributed by atoms with Crippen molar-refractivity contribution >= 4 is 17.3 Å². The van der Waals surface area contributed by atoms with Crippen LogP contribution in [0.5, 0.6) is 0 Å². The molecule has 2 heterocycles. The van der Waals surface area contributed by atoms with Gasteiger partial charge in [0, 0.05) is 35.1 Å². The lowest BCUT2D eigenvalue weighted by Crippen LogP contribution is -2.11. The fourth-order valence-corrected chi connectivity index (χ4v) is 2.12. The Morgan fingerprint density at radius 1 is 1.56 bits per heavy atom. The number of carboxylic acid groups (broad SMARTS) is 1. The van der Waals surface area contributed by atoms with E-state index in [1.807, 2.05) is 6.20 Å². The summed E-state index contributed by atoms with van der Waals surface area (Å²) in [6.07, 6.45) is 3.58. The van der Waals surface area contributed by atoms with E-state index in [-0.39, 0.29) is 0 Å². The molecule has 0 atom stereocenters. The Morgan fingerprint density at radius 2 is 2.44 bits per heavy atom. The quantitative estimate of drug-likeness (QED) is 0.735. The van der Waals surface area contributed by atoms with Gasteiger partial charge >= 0.3 is 5.97 Å². The summed E-state index contributed by atoms with van der Waals surface area (Å²) < 4.78 is 0. The van der Waals surface area contributed by atoms with Gasteiger partial charge in [0.1, 0.15) is 0 Å². The van der Waals surface area contributed by atoms with Crippen molar-refractivity contribution in [2.75, 3.05) is 0 Å². The Kier molecular flexibility index (Phi) is 3.33. The molecule has 0 saturated heterocycles. The van der Waals surface area contributed by atoms with E-state index < -0.39 is 5.97 Å². The average molecular weight is 237 g/mol. The summed E-state index contributed by atoms with van der Waals surface area (Å²) >= 11 is 1.45. The van der Waals surface area contributed by atoms with Crippen LogP contribution in [0.25, 0.3) is 0 Å². The number of carbonyl (C=O) groups is 1. The van der Waals surface area contributed by atoms with Crippen LogP contribution in [0.4, 0.5) is 0 Å². The van der Waals surface area contributed by atoms with Crippen molar-refractivity contribution in [1.82, 2.24) is 15.5 Å². The van der Waals surface area contributed by atoms with Gasteiger partial charge in [-0.25, -0.2) is 4.79 Å². The second-order valence-corrected chi connectivity index (χ2v) is 4.31. The zero-order valence-electron chi connectivity index (χ0n) is 8.43. The molecule has 0 saturated carbocycles. The standard InChI is InChI=1S/C10H11N3O2S/c14-10(15)8-1-9(16-6-8)5-11-2-7-3-12-13-4-7/h1,3-4,6,11H,2,5H2,(H,12,13)(H,14,15). The number of aromatic carboxylic acids is 1. The molecule has 2 aromatic rings. The van der Waals surface area contributed by atoms with Crippen molar-refractivity contribution in [2.24, 2.45) is 0 Å². The molecule has 84 valence electrons. The number of hydrogen-bond donors (Lipinski definition) is 3. The lowest BCUT2D eigenvalue weighted by molar-refractivity contribution is 0.0697. The lowest BCUT2D eigenvalue weighted by Gasteiger charge is -1.99. The normalized spacial score (nSPS) is 10.5. The summed E-state index contributed by atoms with van der Waals surface area (Å²) in [6.45, 7) is 1.39. The smallest absolute Gasteiger partial charge is 0.336 e. The molecule has 16 heavy (non-hydrogen) atoms. The van der Waals surface area contributed by atoms with Gasteiger partial charge in [0.15, 0.2) is 0 Å². The zero-order chi connectivity index (χ0) is 11.4. The Bertz CT molecular complexity index is 464. The highest BCUT2D eigenvalue weighted by Gasteiger charge is 2.05. The Labute approximate surface area is 96.1 Å². The summed E-state index contributed by atoms with van der Waals surface area (Å²) in [5, 5.41) is 20.2. The van der Waals surface area contributed by atoms with Gasteiger partial charge < -0.3 is 10.4 Å². The number of nitrogens with zero attached hydrogens (tertiary/aromatic N) is 1. The molecule has 0 aliphatic rings. The highest BCUT2D eigenvalue weighted by Crippen LogP contribution is 2.14. The van der Waals surface area contributed by atoms with Gasteiger partial charge in [-0.15, -0.1) is 11.3 Å². The van der Waals surface area contributed by atoms with Gasteiger partial charge in [-0.2, -0.15) is 5.10 Å². The highest BCUT2D eigenvalue weighted by molar-refractivity contribution is 7.10. The van der Waals surface area contributed by atoms with Gasteiger partial charge in [0.05, 0.1) is 11.8 Å². The molecule has 0 radical (unpaired) electrons. The maximum atomic E-state index is 10.6. The largest absolute Gasteiger partial charge is 0.478 e. The Hall–Kier alpha value is -1.66. The van der Waals surface area contributed by atoms with Crippen LogP contribution in [0.3, 0.4) is 0 Å². The number of thiophene rings is 1. The van der Waals surface area contributed by atoms with Crippen molar-refractivity contribution < 1.29 is 9.90 Å². The maximum absolute atomic E-state index is 10.6. The molecule has 0 bridgehead atoms. The third-order valence-corrected chi connectivity index (χ3v) is 3.02. The fraction of sp³-hybridized carbons (Fsp3) is 0.200. The van der Waals surface area contributed by atoms with Crippen LogP contribution in [0, 0.1) is 0 Å². The van der Waals surface area contributed by atoms with Crippen LogP contribution >= 0.6 is 11.3 Å². The number of nitrogens with one attached hydrogen (secondary N) is 2. The minimum absolute atomic E-state index is 0.352. The molecule has 0 aromatic carbocycles. The predicted molar refractivity (Wildman–Crippen MR) is 60.4 cm³/mol. The van der Waals surface area contributed by atoms with Gasteiger partial charge in [-0.05, 0) is 6.07 Å². The van der Waals surface area contributed by atoms with E-state index in [0.29, 0.717) is 12.1 Å². The van der Waals surface area contributed by atoms with Gasteiger partial charge in [0.2, 0.25) is 0 Å². The first-order chi connectivity index (χ1) is 7.75. The Balaban J connectivity index is 1.83. The molecular weight excluding hydrogens is 226 g/mol. The number of aromatic amines is 1. The second-order valence-electron chi connectivity index (χ2n) is 3.32. The monoisotopic (exact) mass is 237 g/mol. The van der Waals surface area contributed by atoms with Crippen LogP contribution in [-0.4, -0.2) is 21.3 Å². The maximum Gasteiger partial charge on any atom is 0.336 e. The van der Waals surface area contributed by atoms with Gasteiger partial charge in [-0.3, -0.25) is 5.10 Å². The molecular formula is C10H11N3O2S. The summed E-state index contributed by atoms with van der Waals surface area (Å²) in [7, 11) is 0. The van der Waals surface area contributed by atoms with Crippen molar-refractivity contribution in [2.45, 2.75) is 13.1 Å². The number of rotatable bonds is 5. The molecule has 6 heteroatoms. The van der Waals surface area contributed by atoms with Crippen molar-refractivity contribution in [3.05, 3.63) is 39.8 Å². The lowest BCUT2D eigenvalue weighted by atomic mass is 10.3. The highest BCUT2D eigenvalue weighted by atomic mass is 32.1. The first-order valence-electron chi connectivity index (χ1n) is 4.75. The molecule has 0 aliphatic carbocycles. The minimum Gasteiger partial charge on any atom is -0.478 e. The first-order valence-corrected chi connectivity index (χ1v) is 5.63. The number of carboxylic acids is 1.